The van der Waals surface area contributed by atoms with Crippen molar-refractivity contribution in [3.8, 4) is 0 Å². The van der Waals surface area contributed by atoms with Crippen molar-refractivity contribution in [3.05, 3.63) is 410 Å². The van der Waals surface area contributed by atoms with Gasteiger partial charge in [0.05, 0.1) is 0 Å². The molecule has 478 valence electrons. The zero-order valence-corrected chi connectivity index (χ0v) is 59.4. The normalized spacial score (nSPS) is 15.4. The second-order valence-corrected chi connectivity index (χ2v) is 75.0. The van der Waals surface area contributed by atoms with Crippen molar-refractivity contribution < 1.29 is 19.7 Å². The Kier molecular flexibility index (Phi) is 19.5. The molecule has 0 bridgehead atoms. The van der Waals surface area contributed by atoms with Gasteiger partial charge in [-0.1, -0.05) is 0 Å². The van der Waals surface area contributed by atoms with E-state index >= 15 is 0 Å². The van der Waals surface area contributed by atoms with Gasteiger partial charge >= 0.3 is 568 Å². The van der Waals surface area contributed by atoms with Gasteiger partial charge in [-0.3, -0.25) is 0 Å². The fraction of sp³-hybridized carbons (Fsp3) is 0.0909. The first-order valence-electron chi connectivity index (χ1n) is 33.4. The third-order valence-electron chi connectivity index (χ3n) is 18.9. The van der Waals surface area contributed by atoms with E-state index in [-0.39, 0.29) is 0 Å². The van der Waals surface area contributed by atoms with Gasteiger partial charge in [0, 0.05) is 0 Å². The Labute approximate surface area is 563 Å². The topological polar surface area (TPSA) is 0 Å². The second-order valence-electron chi connectivity index (χ2n) is 24.1. The predicted molar refractivity (Wildman–Crippen MR) is 418 cm³/mol. The van der Waals surface area contributed by atoms with Gasteiger partial charge in [0.2, 0.25) is 0 Å². The summed E-state index contributed by atoms with van der Waals surface area (Å²) < 4.78 is 3.31. The van der Waals surface area contributed by atoms with Crippen molar-refractivity contribution >= 4 is 87.8 Å². The van der Waals surface area contributed by atoms with Gasteiger partial charge in [0.15, 0.2) is 0 Å². The minimum atomic E-state index is -5.11. The number of benzene rings is 12. The molecule has 0 fully saturated rings. The Morgan fingerprint density at radius 2 is 0.330 bits per heavy atom. The molecule has 0 saturated heterocycles. The van der Waals surface area contributed by atoms with E-state index in [1.54, 1.807) is 9.09 Å². The molecule has 0 radical (unpaired) electrons. The van der Waals surface area contributed by atoms with Gasteiger partial charge in [-0.2, -0.15) is 0 Å². The zero-order chi connectivity index (χ0) is 63.4. The molecule has 0 heterocycles. The summed E-state index contributed by atoms with van der Waals surface area (Å²) in [5.74, 6) is 0. The van der Waals surface area contributed by atoms with Crippen LogP contribution in [-0.2, 0) is 19.7 Å². The average Bonchev–Trinajstić information content (AvgIpc) is 0.587. The third-order valence-corrected chi connectivity index (χ3v) is 122. The summed E-state index contributed by atoms with van der Waals surface area (Å²) in [5.41, 5.74) is 0. The molecule has 0 aromatic heterocycles. The van der Waals surface area contributed by atoms with Crippen molar-refractivity contribution in [3.63, 3.8) is 0 Å². The Hall–Kier alpha value is -7.69. The number of hydrogen-bond donors (Lipinski definition) is 0. The zero-order valence-electron chi connectivity index (χ0n) is 53.4. The summed E-state index contributed by atoms with van der Waals surface area (Å²) >= 11 is -1.17. The van der Waals surface area contributed by atoms with Crippen LogP contribution in [0.25, 0.3) is 0 Å². The molecule has 0 unspecified atom stereocenters. The first-order valence-corrected chi connectivity index (χ1v) is 49.2. The minimum absolute atomic E-state index is 0.921. The summed E-state index contributed by atoms with van der Waals surface area (Å²) in [6, 6.07) is 134. The van der Waals surface area contributed by atoms with E-state index in [0.717, 1.165) is 51.4 Å². The Morgan fingerprint density at radius 3 is 0.489 bits per heavy atom. The van der Waals surface area contributed by atoms with Crippen LogP contribution in [-0.4, -0.2) is 0 Å². The molecule has 0 nitrogen and oxygen atoms in total. The summed E-state index contributed by atoms with van der Waals surface area (Å²) in [6.07, 6.45) is 23.5. The molecule has 0 aliphatic heterocycles. The number of rotatable bonds is 19. The molecular weight excluding hydrogens is 1300 g/mol. The van der Waals surface area contributed by atoms with Crippen LogP contribution in [0.5, 0.6) is 0 Å². The monoisotopic (exact) mass is 1380 g/mol. The molecule has 0 spiro atoms. The van der Waals surface area contributed by atoms with Crippen LogP contribution in [0.4, 0.5) is 0 Å². The Bertz CT molecular complexity index is 3580. The molecule has 2 aliphatic rings. The molecule has 94 heavy (non-hydrogen) atoms. The predicted octanol–water partition coefficient (Wildman–Crippen LogP) is 17.8. The number of hydrogen-bond acceptors (Lipinski definition) is 0. The summed E-state index contributed by atoms with van der Waals surface area (Å²) in [5, 5.41) is 17.6. The Morgan fingerprint density at radius 1 is 0.181 bits per heavy atom. The van der Waals surface area contributed by atoms with E-state index in [2.05, 4.69) is 400 Å². The fourth-order valence-corrected chi connectivity index (χ4v) is 179. The van der Waals surface area contributed by atoms with Crippen molar-refractivity contribution in [2.45, 2.75) is 51.4 Å². The average molecular weight is 1380 g/mol. The molecule has 0 saturated carbocycles. The van der Waals surface area contributed by atoms with Crippen molar-refractivity contribution in [1.29, 1.82) is 0 Å². The van der Waals surface area contributed by atoms with Gasteiger partial charge < -0.3 is 0 Å². The maximum absolute atomic E-state index is 5.11. The van der Waals surface area contributed by atoms with Crippen molar-refractivity contribution in [2.75, 3.05) is 0 Å². The van der Waals surface area contributed by atoms with E-state index in [4.69, 9.17) is 0 Å². The quantitative estimate of drug-likeness (QED) is 0.0430. The van der Waals surface area contributed by atoms with E-state index in [1.807, 2.05) is 0 Å². The van der Waals surface area contributed by atoms with Crippen LogP contribution in [0.3, 0.4) is 0 Å². The van der Waals surface area contributed by atoms with Crippen LogP contribution < -0.4 is 63.7 Å². The van der Waals surface area contributed by atoms with Crippen LogP contribution in [0.1, 0.15) is 51.4 Å². The van der Waals surface area contributed by atoms with E-state index in [1.165, 1.54) is 63.7 Å². The fourth-order valence-electron chi connectivity index (χ4n) is 15.6. The first kappa shape index (κ1) is 63.7. The van der Waals surface area contributed by atoms with E-state index in [0.29, 0.717) is 0 Å². The first-order chi connectivity index (χ1) is 46.7. The SMILES string of the molecule is C1=CCC[C]([Ni]([C]2=CCCC=CCC2)[Ni]([PH](c2ccccc2)(c2ccccc2)c2ccccc2)([PH](c2ccccc2)(c2ccccc2)c2ccccc2)([PH](c2ccccc2)(c2ccccc2)c2ccccc2)[PH](c2ccccc2)(c2ccccc2)c2ccccc2)=CCC1. The molecule has 14 rings (SSSR count). The maximum atomic E-state index is 2.92. The van der Waals surface area contributed by atoms with Crippen LogP contribution in [0.15, 0.2) is 410 Å². The van der Waals surface area contributed by atoms with Gasteiger partial charge in [-0.15, -0.1) is 0 Å². The van der Waals surface area contributed by atoms with Crippen LogP contribution in [0, 0.1) is 0 Å². The third kappa shape index (κ3) is 9.80. The van der Waals surface area contributed by atoms with Crippen molar-refractivity contribution in [1.82, 2.24) is 0 Å². The standard InChI is InChI=1S/4C18H15P.2C8H11.2Ni/c4*1-4-10-16(11-5-1)19(17-12-6-2-7-13-17)18-14-8-3-9-15-18;2*1-2-4-6-8-7-5-3-1;;/h4*1-15H;2*1-2,7H,3-6H2;;/q;;;;;;;-4/p+4. The Balaban J connectivity index is 1.61. The molecule has 6 heteroatoms. The van der Waals surface area contributed by atoms with Gasteiger partial charge in [-0.05, 0) is 0 Å². The van der Waals surface area contributed by atoms with Crippen molar-refractivity contribution in [2.24, 2.45) is 0 Å². The molecule has 2 aliphatic carbocycles. The molecule has 0 atom stereocenters. The van der Waals surface area contributed by atoms with Crippen LogP contribution in [0.2, 0.25) is 0 Å². The molecule has 12 aromatic carbocycles. The molecule has 0 N–H and O–H groups in total. The molecule has 0 amide bonds. The summed E-state index contributed by atoms with van der Waals surface area (Å²) in [6.45, 7) is 0. The second kappa shape index (κ2) is 28.7. The molecule has 12 aromatic rings. The van der Waals surface area contributed by atoms with Gasteiger partial charge in [0.1, 0.15) is 0 Å². The van der Waals surface area contributed by atoms with Crippen LogP contribution >= 0.6 is 24.1 Å². The number of allylic oxidation sites excluding steroid dienone is 8. The van der Waals surface area contributed by atoms with Gasteiger partial charge in [0.25, 0.3) is 0 Å². The molecular formula is C88H86Ni2P4. The van der Waals surface area contributed by atoms with E-state index in [9.17, 15) is 0 Å². The summed E-state index contributed by atoms with van der Waals surface area (Å²) in [7, 11) is -5.11. The summed E-state index contributed by atoms with van der Waals surface area (Å²) in [4.78, 5) is 0. The van der Waals surface area contributed by atoms with Gasteiger partial charge in [-0.25, -0.2) is 0 Å². The van der Waals surface area contributed by atoms with E-state index < -0.39 is 43.8 Å².